The van der Waals surface area contributed by atoms with Gasteiger partial charge in [-0.05, 0) is 17.7 Å². The van der Waals surface area contributed by atoms with Crippen LogP contribution in [0.2, 0.25) is 5.02 Å². The zero-order valence-corrected chi connectivity index (χ0v) is 6.86. The summed E-state index contributed by atoms with van der Waals surface area (Å²) < 4.78 is 0. The lowest BCUT2D eigenvalue weighted by Gasteiger charge is -1.90. The van der Waals surface area contributed by atoms with Gasteiger partial charge in [0.15, 0.2) is 0 Å². The van der Waals surface area contributed by atoms with Crippen molar-refractivity contribution >= 4 is 17.7 Å². The number of nitro groups is 1. The Bertz CT molecular complexity index is 323. The van der Waals surface area contributed by atoms with Crippen LogP contribution >= 0.6 is 11.6 Å². The number of nitrogens with zero attached hydrogens (tertiary/aromatic N) is 1. The second-order valence-corrected chi connectivity index (χ2v) is 2.59. The Hall–Kier alpha value is -1.35. The highest BCUT2D eigenvalue weighted by Gasteiger charge is 1.90. The first-order chi connectivity index (χ1) is 5.68. The molecule has 0 heterocycles. The van der Waals surface area contributed by atoms with Gasteiger partial charge in [0.2, 0.25) is 6.20 Å². The zero-order chi connectivity index (χ0) is 8.97. The SMILES string of the molecule is O=[N+]([O-])C=Cc1cccc(Cl)c1. The molecular weight excluding hydrogens is 178 g/mol. The predicted octanol–water partition coefficient (Wildman–Crippen LogP) is 2.59. The van der Waals surface area contributed by atoms with E-state index in [9.17, 15) is 10.1 Å². The molecule has 62 valence electrons. The molecule has 1 aromatic rings. The maximum absolute atomic E-state index is 9.94. The molecule has 12 heavy (non-hydrogen) atoms. The molecule has 0 amide bonds. The number of hydrogen-bond acceptors (Lipinski definition) is 2. The molecule has 0 aromatic heterocycles. The average Bonchev–Trinajstić information content (AvgIpc) is 2.01. The molecule has 0 N–H and O–H groups in total. The Morgan fingerprint density at radius 2 is 2.25 bits per heavy atom. The van der Waals surface area contributed by atoms with Gasteiger partial charge >= 0.3 is 0 Å². The van der Waals surface area contributed by atoms with E-state index in [-0.39, 0.29) is 0 Å². The lowest BCUT2D eigenvalue weighted by atomic mass is 10.2. The highest BCUT2D eigenvalue weighted by atomic mass is 35.5. The number of hydrogen-bond donors (Lipinski definition) is 0. The highest BCUT2D eigenvalue weighted by Crippen LogP contribution is 2.11. The van der Waals surface area contributed by atoms with Crippen molar-refractivity contribution in [3.8, 4) is 0 Å². The second kappa shape index (κ2) is 3.88. The van der Waals surface area contributed by atoms with Crippen molar-refractivity contribution in [2.24, 2.45) is 0 Å². The molecule has 0 radical (unpaired) electrons. The lowest BCUT2D eigenvalue weighted by Crippen LogP contribution is -1.82. The Morgan fingerprint density at radius 3 is 2.83 bits per heavy atom. The van der Waals surface area contributed by atoms with Crippen molar-refractivity contribution in [1.82, 2.24) is 0 Å². The third-order valence-corrected chi connectivity index (χ3v) is 1.47. The minimum absolute atomic E-state index is 0.513. The summed E-state index contributed by atoms with van der Waals surface area (Å²) in [6, 6.07) is 6.85. The van der Waals surface area contributed by atoms with Crippen molar-refractivity contribution < 1.29 is 4.92 Å². The molecule has 3 nitrogen and oxygen atoms in total. The fourth-order valence-electron chi connectivity index (χ4n) is 0.757. The number of rotatable bonds is 2. The van der Waals surface area contributed by atoms with E-state index in [2.05, 4.69) is 0 Å². The van der Waals surface area contributed by atoms with E-state index in [0.29, 0.717) is 5.02 Å². The van der Waals surface area contributed by atoms with Gasteiger partial charge in [-0.2, -0.15) is 0 Å². The van der Waals surface area contributed by atoms with E-state index in [4.69, 9.17) is 11.6 Å². The van der Waals surface area contributed by atoms with Gasteiger partial charge in [-0.25, -0.2) is 0 Å². The first-order valence-corrected chi connectivity index (χ1v) is 3.63. The molecule has 0 bridgehead atoms. The Morgan fingerprint density at radius 1 is 1.50 bits per heavy atom. The lowest BCUT2D eigenvalue weighted by molar-refractivity contribution is -0.400. The van der Waals surface area contributed by atoms with E-state index < -0.39 is 4.92 Å². The largest absolute Gasteiger partial charge is 0.259 e. The van der Waals surface area contributed by atoms with Crippen molar-refractivity contribution in [2.75, 3.05) is 0 Å². The van der Waals surface area contributed by atoms with Crippen molar-refractivity contribution in [3.63, 3.8) is 0 Å². The normalized spacial score (nSPS) is 10.4. The van der Waals surface area contributed by atoms with Crippen LogP contribution in [0, 0.1) is 10.1 Å². The molecule has 0 saturated carbocycles. The van der Waals surface area contributed by atoms with Crippen molar-refractivity contribution in [2.45, 2.75) is 0 Å². The van der Waals surface area contributed by atoms with Gasteiger partial charge < -0.3 is 0 Å². The molecule has 0 unspecified atom stereocenters. The van der Waals surface area contributed by atoms with Crippen LogP contribution in [-0.2, 0) is 0 Å². The van der Waals surface area contributed by atoms with Gasteiger partial charge in [-0.1, -0.05) is 23.7 Å². The van der Waals surface area contributed by atoms with E-state index in [1.807, 2.05) is 0 Å². The molecule has 0 aliphatic carbocycles. The van der Waals surface area contributed by atoms with Crippen LogP contribution in [0.5, 0.6) is 0 Å². The van der Waals surface area contributed by atoms with Crippen LogP contribution in [-0.4, -0.2) is 4.92 Å². The summed E-state index contributed by atoms with van der Waals surface area (Å²) in [4.78, 5) is 9.43. The Kier molecular flexibility index (Phi) is 2.82. The highest BCUT2D eigenvalue weighted by molar-refractivity contribution is 6.30. The molecule has 0 atom stereocenters. The summed E-state index contributed by atoms with van der Waals surface area (Å²) in [5, 5.41) is 10.5. The minimum atomic E-state index is -0.513. The molecule has 1 aromatic carbocycles. The fraction of sp³-hybridized carbons (Fsp3) is 0. The van der Waals surface area contributed by atoms with Crippen LogP contribution in [0.1, 0.15) is 5.56 Å². The zero-order valence-electron chi connectivity index (χ0n) is 6.11. The van der Waals surface area contributed by atoms with Gasteiger partial charge in [0.05, 0.1) is 4.92 Å². The summed E-state index contributed by atoms with van der Waals surface area (Å²) in [5.74, 6) is 0. The van der Waals surface area contributed by atoms with Crippen LogP contribution in [0.15, 0.2) is 30.5 Å². The quantitative estimate of drug-likeness (QED) is 0.523. The van der Waals surface area contributed by atoms with E-state index >= 15 is 0 Å². The molecule has 1 rings (SSSR count). The van der Waals surface area contributed by atoms with Crippen LogP contribution in [0.4, 0.5) is 0 Å². The third kappa shape index (κ3) is 2.72. The monoisotopic (exact) mass is 183 g/mol. The maximum Gasteiger partial charge on any atom is 0.235 e. The van der Waals surface area contributed by atoms with Crippen LogP contribution < -0.4 is 0 Å². The molecule has 0 aliphatic heterocycles. The van der Waals surface area contributed by atoms with E-state index in [0.717, 1.165) is 11.8 Å². The Balaban J connectivity index is 2.83. The molecular formula is C8H6ClNO2. The topological polar surface area (TPSA) is 43.1 Å². The van der Waals surface area contributed by atoms with Gasteiger partial charge in [0.1, 0.15) is 0 Å². The molecule has 0 saturated heterocycles. The summed E-state index contributed by atoms with van der Waals surface area (Å²) in [6.07, 6.45) is 2.28. The van der Waals surface area contributed by atoms with Gasteiger partial charge in [0, 0.05) is 11.1 Å². The molecule has 0 aliphatic rings. The summed E-state index contributed by atoms with van der Waals surface area (Å²) in [7, 11) is 0. The number of benzene rings is 1. The number of halogens is 1. The predicted molar refractivity (Wildman–Crippen MR) is 47.5 cm³/mol. The van der Waals surface area contributed by atoms with Crippen molar-refractivity contribution in [1.29, 1.82) is 0 Å². The Labute approximate surface area is 74.4 Å². The van der Waals surface area contributed by atoms with E-state index in [1.165, 1.54) is 6.08 Å². The van der Waals surface area contributed by atoms with Gasteiger partial charge in [-0.3, -0.25) is 10.1 Å². The first kappa shape index (κ1) is 8.74. The summed E-state index contributed by atoms with van der Waals surface area (Å²) in [6.45, 7) is 0. The molecule has 0 fully saturated rings. The van der Waals surface area contributed by atoms with Crippen LogP contribution in [0.25, 0.3) is 6.08 Å². The maximum atomic E-state index is 9.94. The molecule has 4 heteroatoms. The smallest absolute Gasteiger partial charge is 0.235 e. The van der Waals surface area contributed by atoms with Gasteiger partial charge in [-0.15, -0.1) is 0 Å². The standard InChI is InChI=1S/C8H6ClNO2/c9-8-3-1-2-7(6-8)4-5-10(11)12/h1-6H. The second-order valence-electron chi connectivity index (χ2n) is 2.16. The van der Waals surface area contributed by atoms with Gasteiger partial charge in [0.25, 0.3) is 0 Å². The fourth-order valence-corrected chi connectivity index (χ4v) is 0.956. The minimum Gasteiger partial charge on any atom is -0.259 e. The third-order valence-electron chi connectivity index (χ3n) is 1.24. The summed E-state index contributed by atoms with van der Waals surface area (Å²) in [5.41, 5.74) is 0.721. The van der Waals surface area contributed by atoms with Crippen molar-refractivity contribution in [3.05, 3.63) is 51.2 Å². The molecule has 0 spiro atoms. The van der Waals surface area contributed by atoms with E-state index in [1.54, 1.807) is 24.3 Å². The van der Waals surface area contributed by atoms with Crippen LogP contribution in [0.3, 0.4) is 0 Å². The summed E-state index contributed by atoms with van der Waals surface area (Å²) >= 11 is 5.66. The first-order valence-electron chi connectivity index (χ1n) is 3.26. The average molecular weight is 184 g/mol.